The van der Waals surface area contributed by atoms with Gasteiger partial charge in [0.2, 0.25) is 0 Å². The van der Waals surface area contributed by atoms with Gasteiger partial charge in [-0.3, -0.25) is 13.8 Å². The van der Waals surface area contributed by atoms with Crippen molar-refractivity contribution in [1.29, 1.82) is 0 Å². The SMILES string of the molecule is CCC(C)(C)CC(C)CC(=O)OCC(O)COP(=O)(O)OCC[N+](C)(C)C. The molecule has 0 aromatic rings. The van der Waals surface area contributed by atoms with Gasteiger partial charge in [0.1, 0.15) is 25.9 Å². The van der Waals surface area contributed by atoms with Crippen molar-refractivity contribution in [3.63, 3.8) is 0 Å². The molecule has 0 aromatic carbocycles. The van der Waals surface area contributed by atoms with Crippen molar-refractivity contribution in [3.8, 4) is 0 Å². The van der Waals surface area contributed by atoms with E-state index in [1.807, 2.05) is 28.1 Å². The summed E-state index contributed by atoms with van der Waals surface area (Å²) >= 11 is 0. The number of esters is 1. The Morgan fingerprint density at radius 2 is 1.78 bits per heavy atom. The monoisotopic (exact) mass is 412 g/mol. The normalized spacial score (nSPS) is 17.2. The topological polar surface area (TPSA) is 102 Å². The Morgan fingerprint density at radius 3 is 2.30 bits per heavy atom. The highest BCUT2D eigenvalue weighted by Gasteiger charge is 2.25. The number of nitrogens with zero attached hydrogens (tertiary/aromatic N) is 1. The number of hydrogen-bond acceptors (Lipinski definition) is 6. The molecule has 0 fully saturated rings. The summed E-state index contributed by atoms with van der Waals surface area (Å²) in [6.07, 6.45) is 1.01. The van der Waals surface area contributed by atoms with Crippen molar-refractivity contribution in [2.24, 2.45) is 11.3 Å². The highest BCUT2D eigenvalue weighted by molar-refractivity contribution is 7.47. The van der Waals surface area contributed by atoms with Crippen molar-refractivity contribution in [2.75, 3.05) is 47.5 Å². The minimum Gasteiger partial charge on any atom is -0.463 e. The van der Waals surface area contributed by atoms with Gasteiger partial charge in [0.25, 0.3) is 0 Å². The van der Waals surface area contributed by atoms with Crippen LogP contribution in [0.25, 0.3) is 0 Å². The van der Waals surface area contributed by atoms with Crippen LogP contribution in [0, 0.1) is 11.3 Å². The molecule has 0 aliphatic rings. The largest absolute Gasteiger partial charge is 0.472 e. The third-order valence-corrected chi connectivity index (χ3v) is 5.24. The fourth-order valence-electron chi connectivity index (χ4n) is 2.39. The average molecular weight is 412 g/mol. The predicted octanol–water partition coefficient (Wildman–Crippen LogP) is 2.58. The Morgan fingerprint density at radius 1 is 1.19 bits per heavy atom. The van der Waals surface area contributed by atoms with E-state index >= 15 is 0 Å². The Labute approximate surface area is 164 Å². The van der Waals surface area contributed by atoms with Crippen LogP contribution in [0.2, 0.25) is 0 Å². The molecule has 0 saturated heterocycles. The van der Waals surface area contributed by atoms with Crippen molar-refractivity contribution < 1.29 is 37.6 Å². The molecule has 3 unspecified atom stereocenters. The average Bonchev–Trinajstić information content (AvgIpc) is 2.49. The van der Waals surface area contributed by atoms with Gasteiger partial charge in [-0.25, -0.2) is 4.57 Å². The predicted molar refractivity (Wildman–Crippen MR) is 104 cm³/mol. The molecule has 0 bridgehead atoms. The van der Waals surface area contributed by atoms with Gasteiger partial charge in [-0.05, 0) is 17.8 Å². The van der Waals surface area contributed by atoms with E-state index in [-0.39, 0.29) is 31.0 Å². The molecule has 3 atom stereocenters. The highest BCUT2D eigenvalue weighted by Crippen LogP contribution is 2.43. The molecule has 9 heteroatoms. The van der Waals surface area contributed by atoms with Gasteiger partial charge in [0.05, 0.1) is 27.7 Å². The second-order valence-electron chi connectivity index (χ2n) is 8.98. The van der Waals surface area contributed by atoms with Gasteiger partial charge in [0, 0.05) is 6.42 Å². The molecular weight excluding hydrogens is 373 g/mol. The van der Waals surface area contributed by atoms with Gasteiger partial charge in [-0.1, -0.05) is 34.1 Å². The maximum absolute atomic E-state index is 11.9. The molecule has 27 heavy (non-hydrogen) atoms. The van der Waals surface area contributed by atoms with Crippen molar-refractivity contribution >= 4 is 13.8 Å². The van der Waals surface area contributed by atoms with E-state index in [1.54, 1.807) is 0 Å². The van der Waals surface area contributed by atoms with Crippen LogP contribution >= 0.6 is 7.82 Å². The maximum atomic E-state index is 11.9. The van der Waals surface area contributed by atoms with Crippen LogP contribution in [0.15, 0.2) is 0 Å². The third kappa shape index (κ3) is 15.1. The standard InChI is InChI=1S/C18H38NO7P/c1-8-18(3,4)12-15(2)11-17(21)24-13-16(20)14-26-27(22,23)25-10-9-19(5,6)7/h15-16,20H,8-14H2,1-7H3/p+1. The first-order valence-corrected chi connectivity index (χ1v) is 10.9. The molecular formula is C18H39NO7P+. The number of aliphatic hydroxyl groups excluding tert-OH is 1. The van der Waals surface area contributed by atoms with Crippen LogP contribution in [0.4, 0.5) is 0 Å². The molecule has 0 aromatic heterocycles. The summed E-state index contributed by atoms with van der Waals surface area (Å²) in [7, 11) is 1.54. The summed E-state index contributed by atoms with van der Waals surface area (Å²) in [6.45, 7) is 8.26. The number of hydrogen-bond donors (Lipinski definition) is 2. The Bertz CT molecular complexity index is 491. The lowest BCUT2D eigenvalue weighted by Crippen LogP contribution is -2.37. The van der Waals surface area contributed by atoms with E-state index in [9.17, 15) is 19.4 Å². The number of phosphoric ester groups is 1. The number of quaternary nitrogens is 1. The van der Waals surface area contributed by atoms with Gasteiger partial charge in [-0.2, -0.15) is 0 Å². The number of rotatable bonds is 14. The number of phosphoric acid groups is 1. The molecule has 0 spiro atoms. The summed E-state index contributed by atoms with van der Waals surface area (Å²) in [5.74, 6) is -0.229. The van der Waals surface area contributed by atoms with Crippen molar-refractivity contribution in [3.05, 3.63) is 0 Å². The quantitative estimate of drug-likeness (QED) is 0.257. The van der Waals surface area contributed by atoms with Crippen LogP contribution in [0.1, 0.15) is 47.0 Å². The lowest BCUT2D eigenvalue weighted by molar-refractivity contribution is -0.870. The fraction of sp³-hybridized carbons (Fsp3) is 0.944. The second kappa shape index (κ2) is 11.5. The Hall–Kier alpha value is -0.500. The number of carbonyl (C=O) groups excluding carboxylic acids is 1. The number of likely N-dealkylation sites (N-methyl/N-ethyl adjacent to an activating group) is 1. The zero-order valence-electron chi connectivity index (χ0n) is 17.9. The summed E-state index contributed by atoms with van der Waals surface area (Å²) in [6, 6.07) is 0. The Balaban J connectivity index is 4.09. The van der Waals surface area contributed by atoms with E-state index in [2.05, 4.69) is 20.8 Å². The molecule has 0 radical (unpaired) electrons. The minimum atomic E-state index is -4.24. The molecule has 0 aliphatic carbocycles. The van der Waals surface area contributed by atoms with Crippen LogP contribution < -0.4 is 0 Å². The summed E-state index contributed by atoms with van der Waals surface area (Å²) in [5, 5.41) is 9.78. The van der Waals surface area contributed by atoms with E-state index in [0.717, 1.165) is 12.8 Å². The van der Waals surface area contributed by atoms with E-state index < -0.39 is 26.5 Å². The summed E-state index contributed by atoms with van der Waals surface area (Å²) < 4.78 is 26.9. The first-order valence-electron chi connectivity index (χ1n) is 9.42. The Kier molecular flexibility index (Phi) is 11.3. The van der Waals surface area contributed by atoms with Crippen LogP contribution in [0.5, 0.6) is 0 Å². The molecule has 0 heterocycles. The molecule has 0 rings (SSSR count). The molecule has 2 N–H and O–H groups in total. The molecule has 0 saturated carbocycles. The lowest BCUT2D eigenvalue weighted by Gasteiger charge is -2.26. The first kappa shape index (κ1) is 26.5. The highest BCUT2D eigenvalue weighted by atomic mass is 31.2. The maximum Gasteiger partial charge on any atom is 0.472 e. The fourth-order valence-corrected chi connectivity index (χ4v) is 3.14. The molecule has 162 valence electrons. The first-order chi connectivity index (χ1) is 12.2. The van der Waals surface area contributed by atoms with E-state index in [4.69, 9.17) is 13.8 Å². The minimum absolute atomic E-state index is 0.0500. The molecule has 0 aliphatic heterocycles. The smallest absolute Gasteiger partial charge is 0.463 e. The summed E-state index contributed by atoms with van der Waals surface area (Å²) in [5.41, 5.74) is 0.168. The van der Waals surface area contributed by atoms with Crippen LogP contribution in [0.3, 0.4) is 0 Å². The van der Waals surface area contributed by atoms with E-state index in [0.29, 0.717) is 11.0 Å². The second-order valence-corrected chi connectivity index (χ2v) is 10.4. The third-order valence-electron chi connectivity index (χ3n) is 4.26. The lowest BCUT2D eigenvalue weighted by atomic mass is 9.80. The van der Waals surface area contributed by atoms with Gasteiger partial charge in [-0.15, -0.1) is 0 Å². The zero-order valence-corrected chi connectivity index (χ0v) is 18.8. The van der Waals surface area contributed by atoms with Gasteiger partial charge < -0.3 is 19.2 Å². The number of ether oxygens (including phenoxy) is 1. The number of aliphatic hydroxyl groups is 1. The molecule has 8 nitrogen and oxygen atoms in total. The van der Waals surface area contributed by atoms with Crippen molar-refractivity contribution in [2.45, 2.75) is 53.1 Å². The molecule has 0 amide bonds. The van der Waals surface area contributed by atoms with Crippen molar-refractivity contribution in [1.82, 2.24) is 0 Å². The van der Waals surface area contributed by atoms with E-state index in [1.165, 1.54) is 0 Å². The van der Waals surface area contributed by atoms with Gasteiger partial charge in [0.15, 0.2) is 0 Å². The zero-order chi connectivity index (χ0) is 21.3. The van der Waals surface area contributed by atoms with Crippen LogP contribution in [-0.2, 0) is 23.1 Å². The van der Waals surface area contributed by atoms with Gasteiger partial charge >= 0.3 is 13.8 Å². The number of carbonyl (C=O) groups is 1. The van der Waals surface area contributed by atoms with Crippen LogP contribution in [-0.4, -0.2) is 74.1 Å². The summed E-state index contributed by atoms with van der Waals surface area (Å²) in [4.78, 5) is 21.4.